The van der Waals surface area contributed by atoms with Gasteiger partial charge in [-0.1, -0.05) is 12.1 Å². The molecule has 130 valence electrons. The van der Waals surface area contributed by atoms with Crippen LogP contribution < -0.4 is 0 Å². The predicted molar refractivity (Wildman–Crippen MR) is 86.9 cm³/mol. The number of esters is 1. The van der Waals surface area contributed by atoms with E-state index in [1.54, 1.807) is 0 Å². The highest BCUT2D eigenvalue weighted by Gasteiger charge is 2.40. The van der Waals surface area contributed by atoms with Crippen LogP contribution in [0, 0.1) is 5.92 Å². The molecule has 2 aromatic carbocycles. The van der Waals surface area contributed by atoms with Crippen LogP contribution in [0.25, 0.3) is 6.08 Å². The molecule has 25 heavy (non-hydrogen) atoms. The zero-order valence-corrected chi connectivity index (χ0v) is 13.0. The second kappa shape index (κ2) is 6.37. The minimum Gasteiger partial charge on any atom is -0.504 e. The number of carbonyl (C=O) groups is 1. The van der Waals surface area contributed by atoms with Gasteiger partial charge < -0.3 is 30.3 Å². The Hall–Kier alpha value is -3.19. The van der Waals surface area contributed by atoms with E-state index in [0.717, 1.165) is 0 Å². The van der Waals surface area contributed by atoms with Crippen molar-refractivity contribution in [1.29, 1.82) is 0 Å². The zero-order chi connectivity index (χ0) is 18.1. The molecule has 2 atom stereocenters. The normalized spacial score (nSPS) is 21.5. The summed E-state index contributed by atoms with van der Waals surface area (Å²) in [7, 11) is 0. The van der Waals surface area contributed by atoms with Crippen LogP contribution in [-0.4, -0.2) is 38.1 Å². The first-order valence-electron chi connectivity index (χ1n) is 7.48. The van der Waals surface area contributed by atoms with Gasteiger partial charge in [0.05, 0.1) is 12.5 Å². The second-order valence-electron chi connectivity index (χ2n) is 5.71. The van der Waals surface area contributed by atoms with Gasteiger partial charge in [0, 0.05) is 5.57 Å². The predicted octanol–water partition coefficient (Wildman–Crippen LogP) is 1.80. The molecule has 0 unspecified atom stereocenters. The van der Waals surface area contributed by atoms with E-state index in [1.807, 2.05) is 0 Å². The Morgan fingerprint density at radius 2 is 1.56 bits per heavy atom. The average Bonchev–Trinajstić information content (AvgIpc) is 2.89. The molecule has 0 amide bonds. The van der Waals surface area contributed by atoms with Gasteiger partial charge in [0.15, 0.2) is 23.0 Å². The first-order valence-corrected chi connectivity index (χ1v) is 7.48. The fourth-order valence-corrected chi connectivity index (χ4v) is 2.77. The van der Waals surface area contributed by atoms with Crippen molar-refractivity contribution >= 4 is 12.0 Å². The van der Waals surface area contributed by atoms with E-state index in [-0.39, 0.29) is 35.2 Å². The number of rotatable bonds is 3. The van der Waals surface area contributed by atoms with Crippen LogP contribution in [0.1, 0.15) is 17.2 Å². The molecule has 0 spiro atoms. The number of aliphatic hydroxyl groups excluding tert-OH is 1. The van der Waals surface area contributed by atoms with Crippen LogP contribution in [0.15, 0.2) is 42.0 Å². The Bertz CT molecular complexity index is 856. The maximum absolute atomic E-state index is 12.2. The minimum atomic E-state index is -0.819. The van der Waals surface area contributed by atoms with E-state index >= 15 is 0 Å². The van der Waals surface area contributed by atoms with E-state index in [1.165, 1.54) is 42.5 Å². The zero-order valence-electron chi connectivity index (χ0n) is 13.0. The molecule has 1 fully saturated rings. The largest absolute Gasteiger partial charge is 0.504 e. The summed E-state index contributed by atoms with van der Waals surface area (Å²) in [6.07, 6.45) is 0.642. The highest BCUT2D eigenvalue weighted by Crippen LogP contribution is 2.42. The van der Waals surface area contributed by atoms with Gasteiger partial charge >= 0.3 is 5.97 Å². The van der Waals surface area contributed by atoms with Gasteiger partial charge in [0.25, 0.3) is 0 Å². The summed E-state index contributed by atoms with van der Waals surface area (Å²) in [6.45, 7) is -0.381. The highest BCUT2D eigenvalue weighted by molar-refractivity contribution is 5.96. The van der Waals surface area contributed by atoms with Gasteiger partial charge in [0.2, 0.25) is 0 Å². The summed E-state index contributed by atoms with van der Waals surface area (Å²) >= 11 is 0. The number of carbonyl (C=O) groups excluding carboxylic acids is 1. The van der Waals surface area contributed by atoms with Gasteiger partial charge in [-0.2, -0.15) is 0 Å². The number of hydrogen-bond acceptors (Lipinski definition) is 7. The third kappa shape index (κ3) is 3.09. The van der Waals surface area contributed by atoms with E-state index in [0.29, 0.717) is 11.1 Å². The lowest BCUT2D eigenvalue weighted by atomic mass is 9.91. The number of aromatic hydroxyl groups is 4. The van der Waals surface area contributed by atoms with E-state index in [9.17, 15) is 30.3 Å². The molecule has 0 radical (unpaired) electrons. The van der Waals surface area contributed by atoms with Crippen LogP contribution >= 0.6 is 0 Å². The average molecular weight is 344 g/mol. The summed E-state index contributed by atoms with van der Waals surface area (Å²) in [6, 6.07) is 8.10. The highest BCUT2D eigenvalue weighted by atomic mass is 16.6. The lowest BCUT2D eigenvalue weighted by molar-refractivity contribution is -0.139. The van der Waals surface area contributed by atoms with Gasteiger partial charge in [-0.3, -0.25) is 0 Å². The number of benzene rings is 2. The first kappa shape index (κ1) is 16.7. The molecular formula is C18H16O7. The quantitative estimate of drug-likeness (QED) is 0.326. The van der Waals surface area contributed by atoms with Crippen LogP contribution in [0.2, 0.25) is 0 Å². The summed E-state index contributed by atoms with van der Waals surface area (Å²) in [5, 5.41) is 47.6. The molecule has 7 heteroatoms. The molecule has 3 rings (SSSR count). The van der Waals surface area contributed by atoms with Crippen molar-refractivity contribution < 1.29 is 35.1 Å². The Labute approximate surface area is 142 Å². The lowest BCUT2D eigenvalue weighted by Crippen LogP contribution is -2.13. The Kier molecular flexibility index (Phi) is 4.24. The SMILES string of the molecule is O=C1O[C@@H](c2ccc(O)c(O)c2)[C@H](CO)/C1=C\c1ccc(O)c(O)c1. The van der Waals surface area contributed by atoms with Gasteiger partial charge in [0.1, 0.15) is 6.10 Å². The molecule has 1 aliphatic rings. The van der Waals surface area contributed by atoms with E-state index in [4.69, 9.17) is 4.74 Å². The molecule has 7 nitrogen and oxygen atoms in total. The van der Waals surface area contributed by atoms with Crippen LogP contribution in [0.3, 0.4) is 0 Å². The van der Waals surface area contributed by atoms with Gasteiger partial charge in [-0.05, 0) is 41.5 Å². The molecule has 5 N–H and O–H groups in total. The topological polar surface area (TPSA) is 127 Å². The molecule has 1 heterocycles. The molecule has 1 aliphatic heterocycles. The number of hydrogen-bond donors (Lipinski definition) is 5. The molecule has 1 saturated heterocycles. The number of phenolic OH excluding ortho intramolecular Hbond substituents is 4. The Morgan fingerprint density at radius 1 is 0.920 bits per heavy atom. The van der Waals surface area contributed by atoms with Crippen molar-refractivity contribution in [1.82, 2.24) is 0 Å². The fourth-order valence-electron chi connectivity index (χ4n) is 2.77. The molecule has 0 bridgehead atoms. The fraction of sp³-hybridized carbons (Fsp3) is 0.167. The second-order valence-corrected chi connectivity index (χ2v) is 5.71. The smallest absolute Gasteiger partial charge is 0.335 e. The summed E-state index contributed by atoms with van der Waals surface area (Å²) in [5.74, 6) is -2.60. The maximum atomic E-state index is 12.2. The first-order chi connectivity index (χ1) is 11.9. The van der Waals surface area contributed by atoms with Crippen LogP contribution in [0.4, 0.5) is 0 Å². The number of ether oxygens (including phenoxy) is 1. The van der Waals surface area contributed by atoms with Gasteiger partial charge in [-0.25, -0.2) is 4.79 Å². The maximum Gasteiger partial charge on any atom is 0.335 e. The third-order valence-corrected chi connectivity index (χ3v) is 4.08. The van der Waals surface area contributed by atoms with E-state index < -0.39 is 18.0 Å². The van der Waals surface area contributed by atoms with Crippen LogP contribution in [0.5, 0.6) is 23.0 Å². The van der Waals surface area contributed by atoms with Gasteiger partial charge in [-0.15, -0.1) is 0 Å². The monoisotopic (exact) mass is 344 g/mol. The van der Waals surface area contributed by atoms with Crippen LogP contribution in [-0.2, 0) is 9.53 Å². The van der Waals surface area contributed by atoms with Crippen molar-refractivity contribution in [2.24, 2.45) is 5.92 Å². The Balaban J connectivity index is 1.97. The number of aliphatic hydroxyl groups is 1. The van der Waals surface area contributed by atoms with E-state index in [2.05, 4.69) is 0 Å². The third-order valence-electron chi connectivity index (χ3n) is 4.08. The Morgan fingerprint density at radius 3 is 2.16 bits per heavy atom. The lowest BCUT2D eigenvalue weighted by Gasteiger charge is -2.16. The van der Waals surface area contributed by atoms with Crippen molar-refractivity contribution in [2.45, 2.75) is 6.10 Å². The summed E-state index contributed by atoms with van der Waals surface area (Å²) in [5.41, 5.74) is 1.08. The summed E-state index contributed by atoms with van der Waals surface area (Å²) in [4.78, 5) is 12.2. The minimum absolute atomic E-state index is 0.199. The van der Waals surface area contributed by atoms with Crippen molar-refractivity contribution in [2.75, 3.05) is 6.61 Å². The molecule has 2 aromatic rings. The number of phenols is 4. The molecular weight excluding hydrogens is 328 g/mol. The van der Waals surface area contributed by atoms with Crippen molar-refractivity contribution in [3.8, 4) is 23.0 Å². The molecule has 0 aliphatic carbocycles. The number of cyclic esters (lactones) is 1. The van der Waals surface area contributed by atoms with Crippen molar-refractivity contribution in [3.05, 3.63) is 53.1 Å². The summed E-state index contributed by atoms with van der Waals surface area (Å²) < 4.78 is 5.31. The van der Waals surface area contributed by atoms with Crippen molar-refractivity contribution in [3.63, 3.8) is 0 Å². The standard InChI is InChI=1S/C18H16O7/c19-8-12-11(5-9-1-3-13(20)15(22)6-9)18(24)25-17(12)10-2-4-14(21)16(23)7-10/h1-7,12,17,19-23H,8H2/b11-5+/t12-,17+/m1/s1. The molecule has 0 saturated carbocycles. The molecule has 0 aromatic heterocycles.